The fraction of sp³-hybridized carbons (Fsp3) is 0.360. The van der Waals surface area contributed by atoms with Crippen LogP contribution in [0.4, 0.5) is 8.78 Å². The third-order valence-corrected chi connectivity index (χ3v) is 5.69. The fourth-order valence-corrected chi connectivity index (χ4v) is 3.96. The third kappa shape index (κ3) is 5.30. The van der Waals surface area contributed by atoms with Crippen LogP contribution in [0, 0.1) is 17.6 Å². The molecule has 7 nitrogen and oxygen atoms in total. The van der Waals surface area contributed by atoms with Crippen LogP contribution in [0.25, 0.3) is 10.9 Å². The van der Waals surface area contributed by atoms with Crippen LogP contribution in [0.15, 0.2) is 46.0 Å². The summed E-state index contributed by atoms with van der Waals surface area (Å²) in [5, 5.41) is 2.94. The average Bonchev–Trinajstić information content (AvgIpc) is 2.78. The second kappa shape index (κ2) is 10.5. The number of nitrogens with zero attached hydrogens (tertiary/aromatic N) is 2. The van der Waals surface area contributed by atoms with Gasteiger partial charge in [-0.05, 0) is 49.6 Å². The van der Waals surface area contributed by atoms with Gasteiger partial charge in [-0.1, -0.05) is 13.0 Å². The average molecular weight is 472 g/mol. The van der Waals surface area contributed by atoms with Crippen molar-refractivity contribution in [2.45, 2.75) is 46.7 Å². The lowest BCUT2D eigenvalue weighted by Gasteiger charge is -2.14. The van der Waals surface area contributed by atoms with Crippen molar-refractivity contribution in [1.82, 2.24) is 14.5 Å². The molecule has 0 saturated heterocycles. The minimum absolute atomic E-state index is 0.0892. The first kappa shape index (κ1) is 25.0. The summed E-state index contributed by atoms with van der Waals surface area (Å²) in [6, 6.07) is 7.78. The van der Waals surface area contributed by atoms with Crippen LogP contribution in [0.5, 0.6) is 0 Å². The molecular weight excluding hydrogens is 444 g/mol. The number of rotatable bonds is 9. The van der Waals surface area contributed by atoms with Crippen LogP contribution in [0.3, 0.4) is 0 Å². The smallest absolute Gasteiger partial charge is 0.331 e. The Morgan fingerprint density at radius 3 is 2.35 bits per heavy atom. The standard InChI is InChI=1S/C25H27F2N3O4/c1-4-29-22-9-6-16(12-20(22)24(33)30(5-2)25(29)34)11-18(31)10-15(3)14-28-23(32)19-8-7-17(26)13-21(19)27/h6-9,12-13,15H,4-5,10-11,14H2,1-3H3,(H,28,32). The van der Waals surface area contributed by atoms with E-state index in [0.717, 1.165) is 12.1 Å². The van der Waals surface area contributed by atoms with Crippen LogP contribution in [0.1, 0.15) is 43.1 Å². The Morgan fingerprint density at radius 2 is 1.71 bits per heavy atom. The van der Waals surface area contributed by atoms with Gasteiger partial charge >= 0.3 is 5.69 Å². The van der Waals surface area contributed by atoms with Crippen molar-refractivity contribution in [1.29, 1.82) is 0 Å². The Morgan fingerprint density at radius 1 is 1.00 bits per heavy atom. The number of amides is 1. The summed E-state index contributed by atoms with van der Waals surface area (Å²) in [6.45, 7) is 6.14. The van der Waals surface area contributed by atoms with Gasteiger partial charge in [-0.15, -0.1) is 0 Å². The summed E-state index contributed by atoms with van der Waals surface area (Å²) in [7, 11) is 0. The number of nitrogens with one attached hydrogen (secondary N) is 1. The number of benzene rings is 2. The molecule has 9 heteroatoms. The monoisotopic (exact) mass is 471 g/mol. The number of aromatic nitrogens is 2. The summed E-state index contributed by atoms with van der Waals surface area (Å²) in [5.74, 6) is -2.71. The normalized spacial score (nSPS) is 12.0. The molecule has 0 fully saturated rings. The van der Waals surface area contributed by atoms with E-state index < -0.39 is 17.5 Å². The summed E-state index contributed by atoms with van der Waals surface area (Å²) >= 11 is 0. The van der Waals surface area contributed by atoms with Crippen LogP contribution in [-0.4, -0.2) is 27.4 Å². The van der Waals surface area contributed by atoms with Gasteiger partial charge in [-0.2, -0.15) is 0 Å². The number of hydrogen-bond donors (Lipinski definition) is 1. The molecule has 0 aliphatic rings. The highest BCUT2D eigenvalue weighted by molar-refractivity contribution is 5.94. The van der Waals surface area contributed by atoms with E-state index in [1.54, 1.807) is 32.0 Å². The maximum absolute atomic E-state index is 13.7. The van der Waals surface area contributed by atoms with E-state index in [1.807, 2.05) is 6.92 Å². The Bertz CT molecular complexity index is 1360. The minimum Gasteiger partial charge on any atom is -0.352 e. The number of aryl methyl sites for hydroxylation is 1. The number of carbonyl (C=O) groups excluding carboxylic acids is 2. The first-order valence-corrected chi connectivity index (χ1v) is 11.2. The van der Waals surface area contributed by atoms with Crippen molar-refractivity contribution in [3.63, 3.8) is 0 Å². The van der Waals surface area contributed by atoms with E-state index >= 15 is 0 Å². The predicted molar refractivity (Wildman–Crippen MR) is 125 cm³/mol. The fourth-order valence-electron chi connectivity index (χ4n) is 3.96. The van der Waals surface area contributed by atoms with E-state index in [1.165, 1.54) is 9.13 Å². The first-order valence-electron chi connectivity index (χ1n) is 11.2. The summed E-state index contributed by atoms with van der Waals surface area (Å²) in [4.78, 5) is 50.0. The van der Waals surface area contributed by atoms with Gasteiger partial charge in [0.25, 0.3) is 11.5 Å². The minimum atomic E-state index is -0.951. The molecule has 1 aromatic heterocycles. The molecule has 1 amide bonds. The lowest BCUT2D eigenvalue weighted by molar-refractivity contribution is -0.119. The Balaban J connectivity index is 1.67. The Kier molecular flexibility index (Phi) is 7.75. The molecule has 1 N–H and O–H groups in total. The highest BCUT2D eigenvalue weighted by Crippen LogP contribution is 2.15. The number of halogens is 2. The van der Waals surface area contributed by atoms with Gasteiger partial charge in [-0.25, -0.2) is 13.6 Å². The SMILES string of the molecule is CCn1c(=O)c2cc(CC(=O)CC(C)CNC(=O)c3ccc(F)cc3F)ccc2n(CC)c1=O. The molecular formula is C25H27F2N3O4. The second-order valence-corrected chi connectivity index (χ2v) is 8.29. The molecule has 0 bridgehead atoms. The molecule has 0 aliphatic heterocycles. The molecule has 0 aliphatic carbocycles. The predicted octanol–water partition coefficient (Wildman–Crippen LogP) is 3.05. The maximum Gasteiger partial charge on any atom is 0.331 e. The van der Waals surface area contributed by atoms with Crippen LogP contribution < -0.4 is 16.6 Å². The molecule has 2 aromatic carbocycles. The molecule has 1 heterocycles. The van der Waals surface area contributed by atoms with E-state index in [-0.39, 0.29) is 54.4 Å². The second-order valence-electron chi connectivity index (χ2n) is 8.29. The van der Waals surface area contributed by atoms with Gasteiger partial charge in [-0.3, -0.25) is 23.5 Å². The highest BCUT2D eigenvalue weighted by Gasteiger charge is 2.16. The maximum atomic E-state index is 13.7. The molecule has 0 radical (unpaired) electrons. The number of hydrogen-bond acceptors (Lipinski definition) is 4. The molecule has 1 atom stereocenters. The van der Waals surface area contributed by atoms with Crippen molar-refractivity contribution in [3.05, 3.63) is 80.0 Å². The van der Waals surface area contributed by atoms with Crippen molar-refractivity contribution < 1.29 is 18.4 Å². The quantitative estimate of drug-likeness (QED) is 0.520. The molecule has 1 unspecified atom stereocenters. The van der Waals surface area contributed by atoms with Gasteiger partial charge in [0, 0.05) is 38.5 Å². The number of fused-ring (bicyclic) bond motifs is 1. The number of ketones is 1. The summed E-state index contributed by atoms with van der Waals surface area (Å²) < 4.78 is 29.4. The van der Waals surface area contributed by atoms with Crippen molar-refractivity contribution >= 4 is 22.6 Å². The molecule has 34 heavy (non-hydrogen) atoms. The topological polar surface area (TPSA) is 90.2 Å². The van der Waals surface area contributed by atoms with Crippen molar-refractivity contribution in [2.75, 3.05) is 6.54 Å². The molecule has 0 saturated carbocycles. The van der Waals surface area contributed by atoms with E-state index in [9.17, 15) is 28.0 Å². The summed E-state index contributed by atoms with van der Waals surface area (Å²) in [5.41, 5.74) is 0.179. The first-order chi connectivity index (χ1) is 16.2. The van der Waals surface area contributed by atoms with Gasteiger partial charge in [0.2, 0.25) is 0 Å². The van der Waals surface area contributed by atoms with E-state index in [4.69, 9.17) is 0 Å². The van der Waals surface area contributed by atoms with Crippen molar-refractivity contribution in [2.24, 2.45) is 5.92 Å². The molecule has 3 rings (SSSR count). The Hall–Kier alpha value is -3.62. The molecule has 180 valence electrons. The Labute approximate surface area is 195 Å². The zero-order chi connectivity index (χ0) is 25.0. The van der Waals surface area contributed by atoms with Crippen LogP contribution in [-0.2, 0) is 24.3 Å². The zero-order valence-electron chi connectivity index (χ0n) is 19.4. The molecule has 3 aromatic rings. The number of Topliss-reactive ketones (excluding diaryl/α,β-unsaturated/α-hetero) is 1. The number of carbonyl (C=O) groups is 2. The van der Waals surface area contributed by atoms with Gasteiger partial charge in [0.15, 0.2) is 0 Å². The lowest BCUT2D eigenvalue weighted by Crippen LogP contribution is -2.39. The van der Waals surface area contributed by atoms with Crippen molar-refractivity contribution in [3.8, 4) is 0 Å². The lowest BCUT2D eigenvalue weighted by atomic mass is 9.99. The third-order valence-electron chi connectivity index (χ3n) is 5.69. The molecule has 0 spiro atoms. The van der Waals surface area contributed by atoms with E-state index in [2.05, 4.69) is 5.32 Å². The van der Waals surface area contributed by atoms with Gasteiger partial charge in [0.1, 0.15) is 17.4 Å². The van der Waals surface area contributed by atoms with Gasteiger partial charge < -0.3 is 5.32 Å². The summed E-state index contributed by atoms with van der Waals surface area (Å²) in [6.07, 6.45) is 0.259. The van der Waals surface area contributed by atoms with Gasteiger partial charge in [0.05, 0.1) is 16.5 Å². The van der Waals surface area contributed by atoms with E-state index in [0.29, 0.717) is 29.1 Å². The van der Waals surface area contributed by atoms with Crippen LogP contribution >= 0.6 is 0 Å². The zero-order valence-corrected chi connectivity index (χ0v) is 19.4. The largest absolute Gasteiger partial charge is 0.352 e. The highest BCUT2D eigenvalue weighted by atomic mass is 19.1. The van der Waals surface area contributed by atoms with Crippen LogP contribution in [0.2, 0.25) is 0 Å².